The van der Waals surface area contributed by atoms with Gasteiger partial charge in [0, 0.05) is 10.9 Å². The summed E-state index contributed by atoms with van der Waals surface area (Å²) in [4.78, 5) is 0. The molecule has 98 valence electrons. The minimum absolute atomic E-state index is 0.0383. The second-order valence-corrected chi connectivity index (χ2v) is 6.05. The van der Waals surface area contributed by atoms with Crippen molar-refractivity contribution >= 4 is 11.0 Å². The lowest BCUT2D eigenvalue weighted by Crippen LogP contribution is -2.11. The molecule has 2 heteroatoms. The average molecular weight is 246 g/mol. The van der Waals surface area contributed by atoms with Crippen LogP contribution < -0.4 is 0 Å². The van der Waals surface area contributed by atoms with E-state index in [9.17, 15) is 5.11 Å². The van der Waals surface area contributed by atoms with Crippen LogP contribution in [-0.2, 0) is 5.41 Å². The van der Waals surface area contributed by atoms with E-state index in [1.165, 1.54) is 11.1 Å². The number of furan rings is 1. The molecule has 18 heavy (non-hydrogen) atoms. The smallest absolute Gasteiger partial charge is 0.138 e. The van der Waals surface area contributed by atoms with Gasteiger partial charge in [-0.05, 0) is 36.5 Å². The number of hydrogen-bond acceptors (Lipinski definition) is 2. The van der Waals surface area contributed by atoms with Crippen molar-refractivity contribution in [2.24, 2.45) is 0 Å². The van der Waals surface area contributed by atoms with Gasteiger partial charge in [-0.1, -0.05) is 33.8 Å². The van der Waals surface area contributed by atoms with Crippen molar-refractivity contribution in [1.29, 1.82) is 0 Å². The predicted molar refractivity (Wildman–Crippen MR) is 74.9 cm³/mol. The number of aliphatic hydroxyl groups is 1. The van der Waals surface area contributed by atoms with E-state index in [4.69, 9.17) is 4.42 Å². The normalized spacial score (nSPS) is 14.1. The molecule has 0 saturated carbocycles. The van der Waals surface area contributed by atoms with Gasteiger partial charge in [-0.15, -0.1) is 0 Å². The van der Waals surface area contributed by atoms with Gasteiger partial charge in [0.15, 0.2) is 0 Å². The first kappa shape index (κ1) is 13.2. The molecule has 0 fully saturated rings. The summed E-state index contributed by atoms with van der Waals surface area (Å²) < 4.78 is 5.88. The molecule has 0 amide bonds. The standard InChI is InChI=1S/C16H22O2/c1-6-13(17)14-9-11-7-10(2)8-12(15(11)18-14)16(3,4)5/h7-9,13,17H,6H2,1-5H3. The number of aliphatic hydroxyl groups excluding tert-OH is 1. The van der Waals surface area contributed by atoms with Crippen molar-refractivity contribution in [3.63, 3.8) is 0 Å². The van der Waals surface area contributed by atoms with Gasteiger partial charge in [0.1, 0.15) is 17.4 Å². The van der Waals surface area contributed by atoms with E-state index in [2.05, 4.69) is 39.8 Å². The molecule has 1 aromatic carbocycles. The predicted octanol–water partition coefficient (Wildman–Crippen LogP) is 4.48. The molecule has 0 saturated heterocycles. The van der Waals surface area contributed by atoms with Crippen molar-refractivity contribution in [3.8, 4) is 0 Å². The first-order chi connectivity index (χ1) is 8.32. The molecule has 1 heterocycles. The number of fused-ring (bicyclic) bond motifs is 1. The summed E-state index contributed by atoms with van der Waals surface area (Å²) in [5.74, 6) is 0.670. The highest BCUT2D eigenvalue weighted by Crippen LogP contribution is 2.35. The molecular weight excluding hydrogens is 224 g/mol. The molecule has 0 bridgehead atoms. The lowest BCUT2D eigenvalue weighted by molar-refractivity contribution is 0.148. The third-order valence-corrected chi connectivity index (χ3v) is 3.30. The van der Waals surface area contributed by atoms with E-state index in [1.54, 1.807) is 0 Å². The first-order valence-corrected chi connectivity index (χ1v) is 6.55. The summed E-state index contributed by atoms with van der Waals surface area (Å²) >= 11 is 0. The molecular formula is C16H22O2. The Labute approximate surface area is 109 Å². The van der Waals surface area contributed by atoms with Crippen LogP contribution in [0.2, 0.25) is 0 Å². The maximum Gasteiger partial charge on any atom is 0.138 e. The van der Waals surface area contributed by atoms with E-state index < -0.39 is 6.10 Å². The Morgan fingerprint density at radius 2 is 1.89 bits per heavy atom. The molecule has 1 N–H and O–H groups in total. The van der Waals surface area contributed by atoms with Gasteiger partial charge in [-0.2, -0.15) is 0 Å². The Morgan fingerprint density at radius 1 is 1.22 bits per heavy atom. The molecule has 1 aromatic heterocycles. The quantitative estimate of drug-likeness (QED) is 0.847. The fourth-order valence-corrected chi connectivity index (χ4v) is 2.25. The van der Waals surface area contributed by atoms with Gasteiger partial charge < -0.3 is 9.52 Å². The van der Waals surface area contributed by atoms with E-state index in [0.717, 1.165) is 11.0 Å². The molecule has 2 rings (SSSR count). The highest BCUT2D eigenvalue weighted by molar-refractivity contribution is 5.83. The van der Waals surface area contributed by atoms with E-state index in [0.29, 0.717) is 12.2 Å². The molecule has 0 aliphatic heterocycles. The molecule has 0 spiro atoms. The second kappa shape index (κ2) is 4.43. The number of aryl methyl sites for hydroxylation is 1. The van der Waals surface area contributed by atoms with Crippen molar-refractivity contribution in [3.05, 3.63) is 35.1 Å². The zero-order valence-corrected chi connectivity index (χ0v) is 11.9. The van der Waals surface area contributed by atoms with Crippen LogP contribution in [0.25, 0.3) is 11.0 Å². The first-order valence-electron chi connectivity index (χ1n) is 6.55. The third-order valence-electron chi connectivity index (χ3n) is 3.30. The van der Waals surface area contributed by atoms with E-state index in [1.807, 2.05) is 13.0 Å². The molecule has 0 aliphatic carbocycles. The SMILES string of the molecule is CCC(O)c1cc2cc(C)cc(C(C)(C)C)c2o1. The van der Waals surface area contributed by atoms with Gasteiger partial charge in [0.05, 0.1) is 0 Å². The fraction of sp³-hybridized carbons (Fsp3) is 0.500. The minimum Gasteiger partial charge on any atom is -0.458 e. The second-order valence-electron chi connectivity index (χ2n) is 6.05. The van der Waals surface area contributed by atoms with Crippen LogP contribution in [0.4, 0.5) is 0 Å². The largest absolute Gasteiger partial charge is 0.458 e. The van der Waals surface area contributed by atoms with Gasteiger partial charge in [0.2, 0.25) is 0 Å². The zero-order chi connectivity index (χ0) is 13.5. The Morgan fingerprint density at radius 3 is 2.44 bits per heavy atom. The monoisotopic (exact) mass is 246 g/mol. The van der Waals surface area contributed by atoms with Crippen molar-refractivity contribution in [2.75, 3.05) is 0 Å². The number of benzene rings is 1. The molecule has 2 nitrogen and oxygen atoms in total. The van der Waals surface area contributed by atoms with E-state index in [-0.39, 0.29) is 5.41 Å². The van der Waals surface area contributed by atoms with Crippen LogP contribution in [0, 0.1) is 6.92 Å². The van der Waals surface area contributed by atoms with Crippen LogP contribution in [0.15, 0.2) is 22.6 Å². The highest BCUT2D eigenvalue weighted by Gasteiger charge is 2.21. The lowest BCUT2D eigenvalue weighted by atomic mass is 9.85. The summed E-state index contributed by atoms with van der Waals surface area (Å²) in [5.41, 5.74) is 3.38. The summed E-state index contributed by atoms with van der Waals surface area (Å²) in [6, 6.07) is 6.25. The molecule has 2 aromatic rings. The van der Waals surface area contributed by atoms with Crippen LogP contribution in [-0.4, -0.2) is 5.11 Å². The summed E-state index contributed by atoms with van der Waals surface area (Å²) in [6.45, 7) is 10.6. The van der Waals surface area contributed by atoms with Crippen LogP contribution in [0.3, 0.4) is 0 Å². The lowest BCUT2D eigenvalue weighted by Gasteiger charge is -2.19. The summed E-state index contributed by atoms with van der Waals surface area (Å²) in [6.07, 6.45) is 0.162. The van der Waals surface area contributed by atoms with Crippen LogP contribution in [0.5, 0.6) is 0 Å². The fourth-order valence-electron chi connectivity index (χ4n) is 2.25. The Kier molecular flexibility index (Phi) is 3.24. The van der Waals surface area contributed by atoms with Gasteiger partial charge in [-0.25, -0.2) is 0 Å². The van der Waals surface area contributed by atoms with Crippen LogP contribution >= 0.6 is 0 Å². The average Bonchev–Trinajstić information content (AvgIpc) is 2.68. The van der Waals surface area contributed by atoms with Gasteiger partial charge in [0.25, 0.3) is 0 Å². The zero-order valence-electron chi connectivity index (χ0n) is 11.9. The summed E-state index contributed by atoms with van der Waals surface area (Å²) in [5, 5.41) is 11.0. The highest BCUT2D eigenvalue weighted by atomic mass is 16.4. The number of hydrogen-bond donors (Lipinski definition) is 1. The van der Waals surface area contributed by atoms with Crippen molar-refractivity contribution in [1.82, 2.24) is 0 Å². The maximum atomic E-state index is 9.90. The molecule has 1 atom stereocenters. The number of rotatable bonds is 2. The molecule has 0 radical (unpaired) electrons. The third kappa shape index (κ3) is 2.30. The molecule has 0 aliphatic rings. The van der Waals surface area contributed by atoms with Crippen molar-refractivity contribution in [2.45, 2.75) is 52.6 Å². The topological polar surface area (TPSA) is 33.4 Å². The van der Waals surface area contributed by atoms with E-state index >= 15 is 0 Å². The maximum absolute atomic E-state index is 9.90. The van der Waals surface area contributed by atoms with Crippen molar-refractivity contribution < 1.29 is 9.52 Å². The minimum atomic E-state index is -0.509. The van der Waals surface area contributed by atoms with Crippen LogP contribution in [0.1, 0.15) is 57.1 Å². The Bertz CT molecular complexity index is 558. The Balaban J connectivity index is 2.68. The molecule has 1 unspecified atom stereocenters. The van der Waals surface area contributed by atoms with Gasteiger partial charge >= 0.3 is 0 Å². The summed E-state index contributed by atoms with van der Waals surface area (Å²) in [7, 11) is 0. The van der Waals surface area contributed by atoms with Gasteiger partial charge in [-0.3, -0.25) is 0 Å². The Hall–Kier alpha value is -1.28.